The van der Waals surface area contributed by atoms with Crippen LogP contribution in [0.3, 0.4) is 0 Å². The van der Waals surface area contributed by atoms with E-state index < -0.39 is 0 Å². The van der Waals surface area contributed by atoms with Gasteiger partial charge in [0.1, 0.15) is 5.15 Å². The van der Waals surface area contributed by atoms with Gasteiger partial charge in [0, 0.05) is 27.8 Å². The number of fused-ring (bicyclic) bond motifs is 2. The molecule has 6 heteroatoms. The van der Waals surface area contributed by atoms with Crippen molar-refractivity contribution < 1.29 is 4.92 Å². The van der Waals surface area contributed by atoms with E-state index in [1.165, 1.54) is 5.56 Å². The zero-order valence-electron chi connectivity index (χ0n) is 13.4. The van der Waals surface area contributed by atoms with E-state index in [1.54, 1.807) is 24.0 Å². The van der Waals surface area contributed by atoms with E-state index in [9.17, 15) is 10.1 Å². The predicted octanol–water partition coefficient (Wildman–Crippen LogP) is 5.58. The molecule has 0 atom stereocenters. The molecule has 126 valence electrons. The summed E-state index contributed by atoms with van der Waals surface area (Å²) in [6, 6.07) is 12.0. The number of nitro benzene ring substituents is 1. The topological polar surface area (TPSA) is 56.0 Å². The summed E-state index contributed by atoms with van der Waals surface area (Å²) in [5.41, 5.74) is 3.42. The Morgan fingerprint density at radius 1 is 1.16 bits per heavy atom. The average Bonchev–Trinajstić information content (AvgIpc) is 3.08. The summed E-state index contributed by atoms with van der Waals surface area (Å²) in [7, 11) is 0. The highest BCUT2D eigenvalue weighted by Crippen LogP contribution is 2.45. The minimum absolute atomic E-state index is 0.204. The fraction of sp³-hybridized carbons (Fsp3) is 0.211. The Kier molecular flexibility index (Phi) is 4.36. The van der Waals surface area contributed by atoms with E-state index in [4.69, 9.17) is 11.6 Å². The van der Waals surface area contributed by atoms with Crippen LogP contribution in [0.25, 0.3) is 10.8 Å². The second-order valence-electron chi connectivity index (χ2n) is 6.07. The van der Waals surface area contributed by atoms with E-state index in [1.807, 2.05) is 18.2 Å². The summed E-state index contributed by atoms with van der Waals surface area (Å²) in [5.74, 6) is 0.820. The molecule has 0 unspecified atom stereocenters. The second kappa shape index (κ2) is 6.65. The quantitative estimate of drug-likeness (QED) is 0.260. The Balaban J connectivity index is 1.89. The predicted molar refractivity (Wildman–Crippen MR) is 101 cm³/mol. The van der Waals surface area contributed by atoms with Gasteiger partial charge in [0.25, 0.3) is 5.69 Å². The summed E-state index contributed by atoms with van der Waals surface area (Å²) in [4.78, 5) is 16.6. The highest BCUT2D eigenvalue weighted by atomic mass is 35.5. The zero-order valence-corrected chi connectivity index (χ0v) is 14.9. The molecule has 4 nitrogen and oxygen atoms in total. The van der Waals surface area contributed by atoms with E-state index in [0.717, 1.165) is 46.4 Å². The maximum atomic E-state index is 11.7. The molecular weight excluding hydrogens is 356 g/mol. The van der Waals surface area contributed by atoms with Gasteiger partial charge in [-0.05, 0) is 36.5 Å². The van der Waals surface area contributed by atoms with E-state index in [-0.39, 0.29) is 10.6 Å². The molecule has 2 aromatic carbocycles. The van der Waals surface area contributed by atoms with Gasteiger partial charge < -0.3 is 0 Å². The molecule has 0 radical (unpaired) electrons. The molecule has 25 heavy (non-hydrogen) atoms. The molecular formula is C19H15ClN2O2S. The standard InChI is InChI=1S/C19H15ClN2O2S/c20-17-9-15-16(10-21-17)18(22(23)24)13-7-4-8-14(13)19(15)25-11-12-5-2-1-3-6-12/h1-3,5-6,9-10H,4,7-8,11H2. The first-order valence-electron chi connectivity index (χ1n) is 8.09. The van der Waals surface area contributed by atoms with Crippen molar-refractivity contribution in [2.45, 2.75) is 29.9 Å². The molecule has 0 bridgehead atoms. The molecule has 0 saturated carbocycles. The number of benzene rings is 2. The Hall–Kier alpha value is -2.11. The van der Waals surface area contributed by atoms with Crippen molar-refractivity contribution in [2.24, 2.45) is 0 Å². The first-order chi connectivity index (χ1) is 12.1. The second-order valence-corrected chi connectivity index (χ2v) is 7.45. The van der Waals surface area contributed by atoms with Crippen LogP contribution in [0.1, 0.15) is 23.1 Å². The van der Waals surface area contributed by atoms with Crippen molar-refractivity contribution in [1.82, 2.24) is 4.98 Å². The molecule has 0 saturated heterocycles. The molecule has 0 aliphatic heterocycles. The number of hydrogen-bond acceptors (Lipinski definition) is 4. The number of nitro groups is 1. The highest BCUT2D eigenvalue weighted by molar-refractivity contribution is 7.98. The molecule has 1 aliphatic rings. The molecule has 3 aromatic rings. The molecule has 1 aromatic heterocycles. The molecule has 4 rings (SSSR count). The van der Waals surface area contributed by atoms with Crippen molar-refractivity contribution in [2.75, 3.05) is 0 Å². The van der Waals surface area contributed by atoms with Crippen molar-refractivity contribution in [3.63, 3.8) is 0 Å². The van der Waals surface area contributed by atoms with Crippen LogP contribution in [-0.4, -0.2) is 9.91 Å². The van der Waals surface area contributed by atoms with Crippen LogP contribution in [0.5, 0.6) is 0 Å². The molecule has 1 aliphatic carbocycles. The normalized spacial score (nSPS) is 13.2. The lowest BCUT2D eigenvalue weighted by atomic mass is 10.0. The average molecular weight is 371 g/mol. The SMILES string of the molecule is O=[N+]([O-])c1c2c(c(SCc3ccccc3)c3cc(Cl)ncc13)CCC2. The Bertz CT molecular complexity index is 976. The smallest absolute Gasteiger partial charge is 0.258 e. The Morgan fingerprint density at radius 2 is 1.92 bits per heavy atom. The minimum atomic E-state index is -0.270. The molecule has 0 amide bonds. The van der Waals surface area contributed by atoms with Crippen molar-refractivity contribution >= 4 is 39.8 Å². The summed E-state index contributed by atoms with van der Waals surface area (Å²) in [6.07, 6.45) is 4.12. The number of pyridine rings is 1. The monoisotopic (exact) mass is 370 g/mol. The molecule has 0 N–H and O–H groups in total. The van der Waals surface area contributed by atoms with Crippen LogP contribution in [0.2, 0.25) is 5.15 Å². The van der Waals surface area contributed by atoms with Gasteiger partial charge in [-0.25, -0.2) is 4.98 Å². The van der Waals surface area contributed by atoms with Crippen LogP contribution in [-0.2, 0) is 18.6 Å². The van der Waals surface area contributed by atoms with E-state index in [0.29, 0.717) is 10.5 Å². The van der Waals surface area contributed by atoms with Crippen LogP contribution in [0, 0.1) is 10.1 Å². The fourth-order valence-electron chi connectivity index (χ4n) is 3.49. The number of hydrogen-bond donors (Lipinski definition) is 0. The molecule has 1 heterocycles. The maximum Gasteiger partial charge on any atom is 0.282 e. The molecule has 0 fully saturated rings. The Labute approximate surface area is 154 Å². The van der Waals surface area contributed by atoms with Gasteiger partial charge in [-0.2, -0.15) is 0 Å². The van der Waals surface area contributed by atoms with E-state index >= 15 is 0 Å². The summed E-state index contributed by atoms with van der Waals surface area (Å²) < 4.78 is 0. The Morgan fingerprint density at radius 3 is 2.68 bits per heavy atom. The van der Waals surface area contributed by atoms with Crippen molar-refractivity contribution in [1.29, 1.82) is 0 Å². The number of thioether (sulfide) groups is 1. The van der Waals surface area contributed by atoms with Gasteiger partial charge in [-0.3, -0.25) is 10.1 Å². The van der Waals surface area contributed by atoms with Crippen molar-refractivity contribution in [3.8, 4) is 0 Å². The molecule has 0 spiro atoms. The lowest BCUT2D eigenvalue weighted by molar-refractivity contribution is -0.383. The fourth-order valence-corrected chi connectivity index (χ4v) is 4.88. The number of halogens is 1. The van der Waals surface area contributed by atoms with Gasteiger partial charge in [-0.15, -0.1) is 11.8 Å². The first-order valence-corrected chi connectivity index (χ1v) is 9.45. The summed E-state index contributed by atoms with van der Waals surface area (Å²) >= 11 is 7.83. The largest absolute Gasteiger partial charge is 0.282 e. The number of rotatable bonds is 4. The minimum Gasteiger partial charge on any atom is -0.258 e. The van der Waals surface area contributed by atoms with Crippen LogP contribution < -0.4 is 0 Å². The third-order valence-electron chi connectivity index (χ3n) is 4.56. The van der Waals surface area contributed by atoms with Gasteiger partial charge in [0.05, 0.1) is 10.3 Å². The van der Waals surface area contributed by atoms with Crippen LogP contribution in [0.4, 0.5) is 5.69 Å². The lowest BCUT2D eigenvalue weighted by Crippen LogP contribution is -2.00. The van der Waals surface area contributed by atoms with Gasteiger partial charge in [-0.1, -0.05) is 41.9 Å². The first kappa shape index (κ1) is 16.4. The van der Waals surface area contributed by atoms with Gasteiger partial charge in [0.15, 0.2) is 0 Å². The zero-order chi connectivity index (χ0) is 17.4. The lowest BCUT2D eigenvalue weighted by Gasteiger charge is -2.14. The summed E-state index contributed by atoms with van der Waals surface area (Å²) in [5, 5.41) is 13.5. The maximum absolute atomic E-state index is 11.7. The van der Waals surface area contributed by atoms with Crippen LogP contribution >= 0.6 is 23.4 Å². The van der Waals surface area contributed by atoms with Crippen LogP contribution in [0.15, 0.2) is 47.5 Å². The van der Waals surface area contributed by atoms with E-state index in [2.05, 4.69) is 17.1 Å². The van der Waals surface area contributed by atoms with Gasteiger partial charge in [0.2, 0.25) is 0 Å². The summed E-state index contributed by atoms with van der Waals surface area (Å²) in [6.45, 7) is 0. The number of nitrogens with zero attached hydrogens (tertiary/aromatic N) is 2. The number of aromatic nitrogens is 1. The third kappa shape index (κ3) is 2.98. The van der Waals surface area contributed by atoms with Crippen molar-refractivity contribution in [3.05, 3.63) is 74.6 Å². The third-order valence-corrected chi connectivity index (χ3v) is 6.00. The van der Waals surface area contributed by atoms with Gasteiger partial charge >= 0.3 is 0 Å². The highest BCUT2D eigenvalue weighted by Gasteiger charge is 2.29.